The van der Waals surface area contributed by atoms with Crippen molar-refractivity contribution in [2.45, 2.75) is 39.4 Å². The van der Waals surface area contributed by atoms with Crippen LogP contribution in [0.3, 0.4) is 0 Å². The predicted octanol–water partition coefficient (Wildman–Crippen LogP) is 3.17. The molecule has 2 heterocycles. The van der Waals surface area contributed by atoms with Crippen LogP contribution in [-0.2, 0) is 16.1 Å². The number of benzene rings is 2. The van der Waals surface area contributed by atoms with Gasteiger partial charge in [0.15, 0.2) is 0 Å². The van der Waals surface area contributed by atoms with E-state index in [1.54, 1.807) is 12.1 Å². The average Bonchev–Trinajstić information content (AvgIpc) is 2.86. The monoisotopic (exact) mass is 475 g/mol. The average molecular weight is 476 g/mol. The fourth-order valence-electron chi connectivity index (χ4n) is 3.92. The number of rotatable bonds is 8. The van der Waals surface area contributed by atoms with Crippen LogP contribution in [0.2, 0.25) is 0 Å². The second kappa shape index (κ2) is 10.9. The zero-order valence-electron chi connectivity index (χ0n) is 19.8. The second-order valence-electron chi connectivity index (χ2n) is 8.45. The van der Waals surface area contributed by atoms with Crippen molar-refractivity contribution >= 4 is 35.1 Å². The summed E-state index contributed by atoms with van der Waals surface area (Å²) in [4.78, 5) is 37.9. The van der Waals surface area contributed by atoms with Crippen molar-refractivity contribution in [1.29, 1.82) is 0 Å². The Morgan fingerprint density at radius 3 is 2.49 bits per heavy atom. The Morgan fingerprint density at radius 2 is 1.80 bits per heavy atom. The smallest absolute Gasteiger partial charge is 0.248 e. The summed E-state index contributed by atoms with van der Waals surface area (Å²) in [6.07, 6.45) is 3.34. The Hall–Kier alpha value is -4.05. The number of nitrogens with zero attached hydrogens (tertiary/aromatic N) is 4. The van der Waals surface area contributed by atoms with E-state index in [1.165, 1.54) is 13.3 Å². The number of ether oxygens (including phenoxy) is 1. The molecule has 2 amide bonds. The summed E-state index contributed by atoms with van der Waals surface area (Å²) in [6, 6.07) is 12.8. The summed E-state index contributed by atoms with van der Waals surface area (Å²) in [6.45, 7) is 5.43. The topological polar surface area (TPSA) is 135 Å². The lowest BCUT2D eigenvalue weighted by atomic mass is 10.1. The van der Waals surface area contributed by atoms with Gasteiger partial charge < -0.3 is 26.0 Å². The number of primary amides is 1. The first-order valence-electron chi connectivity index (χ1n) is 11.5. The third-order valence-electron chi connectivity index (χ3n) is 5.90. The molecule has 1 aromatic heterocycles. The Bertz CT molecular complexity index is 1190. The van der Waals surface area contributed by atoms with E-state index in [9.17, 15) is 9.59 Å². The van der Waals surface area contributed by atoms with E-state index in [1.807, 2.05) is 37.3 Å². The molecule has 0 unspecified atom stereocenters. The first-order valence-corrected chi connectivity index (χ1v) is 11.5. The molecule has 35 heavy (non-hydrogen) atoms. The molecule has 2 aromatic carbocycles. The summed E-state index contributed by atoms with van der Waals surface area (Å²) in [5, 5.41) is 6.05. The van der Waals surface area contributed by atoms with E-state index in [-0.39, 0.29) is 12.0 Å². The standard InChI is InChI=1S/C25H29N7O3/c1-16-21(29-17(2)33)4-3-5-22(16)30-24-27-15-28-25(31-24)32-12-10-20(11-13-32)35-14-18-6-8-19(9-7-18)23(26)34/h3-9,15,20H,10-14H2,1-2H3,(H2,26,34)(H,29,33)(H,27,28,30,31). The van der Waals surface area contributed by atoms with Gasteiger partial charge in [-0.25, -0.2) is 9.97 Å². The molecule has 10 nitrogen and oxygen atoms in total. The fourth-order valence-corrected chi connectivity index (χ4v) is 3.92. The molecule has 0 saturated carbocycles. The van der Waals surface area contributed by atoms with Gasteiger partial charge in [-0.2, -0.15) is 4.98 Å². The van der Waals surface area contributed by atoms with Crippen molar-refractivity contribution < 1.29 is 14.3 Å². The number of hydrogen-bond donors (Lipinski definition) is 3. The van der Waals surface area contributed by atoms with Crippen LogP contribution in [0.4, 0.5) is 23.3 Å². The largest absolute Gasteiger partial charge is 0.373 e. The molecule has 4 rings (SSSR count). The minimum atomic E-state index is -0.435. The molecule has 0 aliphatic carbocycles. The van der Waals surface area contributed by atoms with Crippen molar-refractivity contribution in [3.05, 3.63) is 65.5 Å². The predicted molar refractivity (Wildman–Crippen MR) is 134 cm³/mol. The molecule has 1 aliphatic rings. The molecular formula is C25H29N7O3. The molecule has 1 fully saturated rings. The Morgan fingerprint density at radius 1 is 1.09 bits per heavy atom. The lowest BCUT2D eigenvalue weighted by Gasteiger charge is -2.32. The summed E-state index contributed by atoms with van der Waals surface area (Å²) >= 11 is 0. The van der Waals surface area contributed by atoms with Crippen LogP contribution in [0.5, 0.6) is 0 Å². The number of nitrogens with two attached hydrogens (primary N) is 1. The summed E-state index contributed by atoms with van der Waals surface area (Å²) in [5.41, 5.74) is 9.22. The number of carbonyl (C=O) groups is 2. The number of aromatic nitrogens is 3. The van der Waals surface area contributed by atoms with Gasteiger partial charge in [0.05, 0.1) is 12.7 Å². The van der Waals surface area contributed by atoms with Gasteiger partial charge in [0.25, 0.3) is 0 Å². The van der Waals surface area contributed by atoms with E-state index in [0.717, 1.165) is 48.4 Å². The van der Waals surface area contributed by atoms with Crippen LogP contribution < -0.4 is 21.3 Å². The van der Waals surface area contributed by atoms with Gasteiger partial charge in [0.1, 0.15) is 6.33 Å². The lowest BCUT2D eigenvalue weighted by Crippen LogP contribution is -2.38. The van der Waals surface area contributed by atoms with Crippen LogP contribution in [0.25, 0.3) is 0 Å². The second-order valence-corrected chi connectivity index (χ2v) is 8.45. The molecule has 0 radical (unpaired) electrons. The van der Waals surface area contributed by atoms with Gasteiger partial charge in [0, 0.05) is 37.0 Å². The number of amides is 2. The molecule has 3 aromatic rings. The summed E-state index contributed by atoms with van der Waals surface area (Å²) in [7, 11) is 0. The van der Waals surface area contributed by atoms with Gasteiger partial charge in [-0.05, 0) is 55.2 Å². The third kappa shape index (κ3) is 6.30. The highest BCUT2D eigenvalue weighted by Gasteiger charge is 2.22. The fraction of sp³-hybridized carbons (Fsp3) is 0.320. The molecule has 0 spiro atoms. The van der Waals surface area contributed by atoms with E-state index < -0.39 is 5.91 Å². The van der Waals surface area contributed by atoms with E-state index in [4.69, 9.17) is 10.5 Å². The van der Waals surface area contributed by atoms with Crippen molar-refractivity contribution in [2.75, 3.05) is 28.6 Å². The number of piperidine rings is 1. The maximum atomic E-state index is 11.4. The number of anilines is 4. The Kier molecular flexibility index (Phi) is 7.51. The molecule has 0 bridgehead atoms. The third-order valence-corrected chi connectivity index (χ3v) is 5.90. The van der Waals surface area contributed by atoms with Gasteiger partial charge in [-0.3, -0.25) is 9.59 Å². The van der Waals surface area contributed by atoms with Crippen LogP contribution in [-0.4, -0.2) is 46.0 Å². The normalized spacial score (nSPS) is 13.9. The molecular weight excluding hydrogens is 446 g/mol. The minimum absolute atomic E-state index is 0.124. The number of carbonyl (C=O) groups excluding carboxylic acids is 2. The highest BCUT2D eigenvalue weighted by atomic mass is 16.5. The minimum Gasteiger partial charge on any atom is -0.373 e. The van der Waals surface area contributed by atoms with Gasteiger partial charge >= 0.3 is 0 Å². The molecule has 1 aliphatic heterocycles. The van der Waals surface area contributed by atoms with E-state index in [0.29, 0.717) is 24.1 Å². The van der Waals surface area contributed by atoms with Gasteiger partial charge in [0.2, 0.25) is 23.7 Å². The zero-order valence-corrected chi connectivity index (χ0v) is 19.8. The van der Waals surface area contributed by atoms with Gasteiger partial charge in [-0.15, -0.1) is 0 Å². The quantitative estimate of drug-likeness (QED) is 0.452. The zero-order chi connectivity index (χ0) is 24.8. The molecule has 182 valence electrons. The highest BCUT2D eigenvalue weighted by Crippen LogP contribution is 2.26. The molecule has 1 saturated heterocycles. The van der Waals surface area contributed by atoms with Crippen molar-refractivity contribution in [2.24, 2.45) is 5.73 Å². The first-order chi connectivity index (χ1) is 16.9. The van der Waals surface area contributed by atoms with Crippen LogP contribution in [0, 0.1) is 6.92 Å². The number of hydrogen-bond acceptors (Lipinski definition) is 8. The maximum absolute atomic E-state index is 11.4. The van der Waals surface area contributed by atoms with Crippen LogP contribution in [0.1, 0.15) is 41.3 Å². The lowest BCUT2D eigenvalue weighted by molar-refractivity contribution is -0.114. The molecule has 4 N–H and O–H groups in total. The van der Waals surface area contributed by atoms with Crippen LogP contribution >= 0.6 is 0 Å². The SMILES string of the molecule is CC(=O)Nc1cccc(Nc2ncnc(N3CCC(OCc4ccc(C(N)=O)cc4)CC3)n2)c1C. The van der Waals surface area contributed by atoms with E-state index in [2.05, 4.69) is 30.5 Å². The first kappa shape index (κ1) is 24.1. The van der Waals surface area contributed by atoms with E-state index >= 15 is 0 Å². The maximum Gasteiger partial charge on any atom is 0.248 e. The Labute approximate surface area is 203 Å². The van der Waals surface area contributed by atoms with Crippen molar-refractivity contribution in [1.82, 2.24) is 15.0 Å². The van der Waals surface area contributed by atoms with Gasteiger partial charge in [-0.1, -0.05) is 18.2 Å². The number of nitrogens with one attached hydrogen (secondary N) is 2. The van der Waals surface area contributed by atoms with Crippen molar-refractivity contribution in [3.8, 4) is 0 Å². The highest BCUT2D eigenvalue weighted by molar-refractivity contribution is 5.92. The summed E-state index contributed by atoms with van der Waals surface area (Å²) in [5.74, 6) is 0.491. The molecule has 10 heteroatoms. The van der Waals surface area contributed by atoms with Crippen LogP contribution in [0.15, 0.2) is 48.8 Å². The molecule has 0 atom stereocenters. The Balaban J connectivity index is 1.32. The summed E-state index contributed by atoms with van der Waals surface area (Å²) < 4.78 is 6.07. The van der Waals surface area contributed by atoms with Crippen molar-refractivity contribution in [3.63, 3.8) is 0 Å².